The second-order valence-corrected chi connectivity index (χ2v) is 6.04. The Balaban J connectivity index is 3.08. The maximum absolute atomic E-state index is 12.2. The second-order valence-electron chi connectivity index (χ2n) is 4.31. The van der Waals surface area contributed by atoms with Gasteiger partial charge in [0.2, 0.25) is 10.0 Å². The standard InChI is InChI=1S/C12H19N3O5S/c1-4-20-9(2)8-14-21(18,19)12-7-10(13-3)5-6-11(12)15(16)17/h5-7,9,13-14H,4,8H2,1-3H3. The van der Waals surface area contributed by atoms with Crippen LogP contribution in [-0.2, 0) is 14.8 Å². The van der Waals surface area contributed by atoms with Crippen molar-refractivity contribution in [1.82, 2.24) is 4.72 Å². The lowest BCUT2D eigenvalue weighted by Crippen LogP contribution is -2.32. The van der Waals surface area contributed by atoms with Gasteiger partial charge < -0.3 is 10.1 Å². The molecule has 0 aliphatic heterocycles. The van der Waals surface area contributed by atoms with Gasteiger partial charge in [0.25, 0.3) is 5.69 Å². The van der Waals surface area contributed by atoms with Crippen molar-refractivity contribution in [1.29, 1.82) is 0 Å². The van der Waals surface area contributed by atoms with Crippen LogP contribution in [0, 0.1) is 10.1 Å². The van der Waals surface area contributed by atoms with Gasteiger partial charge in [0.1, 0.15) is 0 Å². The maximum Gasteiger partial charge on any atom is 0.289 e. The molecule has 0 saturated carbocycles. The van der Waals surface area contributed by atoms with Gasteiger partial charge in [-0.1, -0.05) is 0 Å². The summed E-state index contributed by atoms with van der Waals surface area (Å²) in [4.78, 5) is 9.88. The molecular weight excluding hydrogens is 298 g/mol. The topological polar surface area (TPSA) is 111 Å². The number of ether oxygens (including phenoxy) is 1. The van der Waals surface area contributed by atoms with Crippen LogP contribution in [0.3, 0.4) is 0 Å². The number of hydrogen-bond donors (Lipinski definition) is 2. The average molecular weight is 317 g/mol. The Kier molecular flexibility index (Phi) is 6.06. The number of benzene rings is 1. The number of anilines is 1. The van der Waals surface area contributed by atoms with Gasteiger partial charge in [0.15, 0.2) is 4.90 Å². The number of nitro groups is 1. The molecular formula is C12H19N3O5S. The molecule has 2 N–H and O–H groups in total. The van der Waals surface area contributed by atoms with Crippen molar-refractivity contribution in [3.05, 3.63) is 28.3 Å². The molecule has 118 valence electrons. The zero-order valence-electron chi connectivity index (χ0n) is 12.1. The molecule has 0 aliphatic carbocycles. The van der Waals surface area contributed by atoms with Crippen LogP contribution >= 0.6 is 0 Å². The van der Waals surface area contributed by atoms with E-state index < -0.39 is 20.6 Å². The molecule has 0 saturated heterocycles. The summed E-state index contributed by atoms with van der Waals surface area (Å²) in [6, 6.07) is 3.83. The van der Waals surface area contributed by atoms with Gasteiger partial charge in [-0.05, 0) is 26.0 Å². The lowest BCUT2D eigenvalue weighted by Gasteiger charge is -2.13. The van der Waals surface area contributed by atoms with Gasteiger partial charge in [-0.25, -0.2) is 13.1 Å². The van der Waals surface area contributed by atoms with Crippen molar-refractivity contribution in [2.75, 3.05) is 25.5 Å². The quantitative estimate of drug-likeness (QED) is 0.553. The van der Waals surface area contributed by atoms with Crippen molar-refractivity contribution in [2.24, 2.45) is 0 Å². The Hall–Kier alpha value is -1.71. The molecule has 0 bridgehead atoms. The average Bonchev–Trinajstić information content (AvgIpc) is 2.44. The number of rotatable bonds is 8. The van der Waals surface area contributed by atoms with E-state index in [9.17, 15) is 18.5 Å². The molecule has 1 atom stereocenters. The van der Waals surface area contributed by atoms with Crippen LogP contribution < -0.4 is 10.0 Å². The first-order chi connectivity index (χ1) is 9.81. The minimum atomic E-state index is -3.99. The molecule has 0 heterocycles. The first kappa shape index (κ1) is 17.3. The molecule has 0 aliphatic rings. The minimum Gasteiger partial charge on any atom is -0.388 e. The van der Waals surface area contributed by atoms with Crippen LogP contribution in [0.2, 0.25) is 0 Å². The summed E-state index contributed by atoms with van der Waals surface area (Å²) in [6.07, 6.45) is -0.323. The third kappa shape index (κ3) is 4.66. The lowest BCUT2D eigenvalue weighted by atomic mass is 10.3. The number of hydrogen-bond acceptors (Lipinski definition) is 6. The highest BCUT2D eigenvalue weighted by atomic mass is 32.2. The number of nitrogens with zero attached hydrogens (tertiary/aromatic N) is 1. The molecule has 1 unspecified atom stereocenters. The van der Waals surface area contributed by atoms with Crippen LogP contribution in [-0.4, -0.2) is 39.6 Å². The number of nitrogens with one attached hydrogen (secondary N) is 2. The van der Waals surface area contributed by atoms with E-state index in [-0.39, 0.29) is 17.5 Å². The van der Waals surface area contributed by atoms with Gasteiger partial charge in [-0.3, -0.25) is 10.1 Å². The molecule has 9 heteroatoms. The van der Waals surface area contributed by atoms with E-state index in [0.717, 1.165) is 6.07 Å². The van der Waals surface area contributed by atoms with E-state index in [4.69, 9.17) is 4.74 Å². The summed E-state index contributed by atoms with van der Waals surface area (Å²) in [5.74, 6) is 0. The smallest absolute Gasteiger partial charge is 0.289 e. The monoisotopic (exact) mass is 317 g/mol. The molecule has 0 radical (unpaired) electrons. The van der Waals surface area contributed by atoms with Crippen molar-refractivity contribution >= 4 is 21.4 Å². The number of sulfonamides is 1. The van der Waals surface area contributed by atoms with E-state index >= 15 is 0 Å². The Bertz CT molecular complexity index is 603. The summed E-state index contributed by atoms with van der Waals surface area (Å²) in [7, 11) is -2.39. The molecule has 0 amide bonds. The van der Waals surface area contributed by atoms with E-state index in [0.29, 0.717) is 12.3 Å². The minimum absolute atomic E-state index is 0.0388. The van der Waals surface area contributed by atoms with Gasteiger partial charge in [-0.15, -0.1) is 0 Å². The fourth-order valence-corrected chi connectivity index (χ4v) is 2.99. The van der Waals surface area contributed by atoms with Gasteiger partial charge in [0.05, 0.1) is 11.0 Å². The normalized spacial score (nSPS) is 12.9. The first-order valence-electron chi connectivity index (χ1n) is 6.39. The van der Waals surface area contributed by atoms with E-state index in [2.05, 4.69) is 10.0 Å². The summed E-state index contributed by atoms with van der Waals surface area (Å²) in [6.45, 7) is 4.01. The molecule has 1 rings (SSSR count). The molecule has 8 nitrogen and oxygen atoms in total. The molecule has 1 aromatic rings. The third-order valence-electron chi connectivity index (χ3n) is 2.75. The zero-order chi connectivity index (χ0) is 16.0. The van der Waals surface area contributed by atoms with Crippen LogP contribution in [0.4, 0.5) is 11.4 Å². The highest BCUT2D eigenvalue weighted by Gasteiger charge is 2.26. The Morgan fingerprint density at radius 3 is 2.62 bits per heavy atom. The maximum atomic E-state index is 12.2. The van der Waals surface area contributed by atoms with Gasteiger partial charge >= 0.3 is 0 Å². The molecule has 21 heavy (non-hydrogen) atoms. The van der Waals surface area contributed by atoms with Crippen LogP contribution in [0.25, 0.3) is 0 Å². The predicted octanol–water partition coefficient (Wildman–Crippen LogP) is 1.34. The predicted molar refractivity (Wildman–Crippen MR) is 78.9 cm³/mol. The Labute approximate surface area is 123 Å². The zero-order valence-corrected chi connectivity index (χ0v) is 12.9. The van der Waals surface area contributed by atoms with Crippen molar-refractivity contribution < 1.29 is 18.1 Å². The van der Waals surface area contributed by atoms with E-state index in [1.807, 2.05) is 0 Å². The first-order valence-corrected chi connectivity index (χ1v) is 7.87. The van der Waals surface area contributed by atoms with E-state index in [1.54, 1.807) is 20.9 Å². The third-order valence-corrected chi connectivity index (χ3v) is 4.20. The second kappa shape index (κ2) is 7.34. The molecule has 0 fully saturated rings. The van der Waals surface area contributed by atoms with Crippen LogP contribution in [0.5, 0.6) is 0 Å². The van der Waals surface area contributed by atoms with Crippen molar-refractivity contribution in [3.8, 4) is 0 Å². The summed E-state index contributed by atoms with van der Waals surface area (Å²) in [5.41, 5.74) is 0.00407. The van der Waals surface area contributed by atoms with E-state index in [1.165, 1.54) is 12.1 Å². The van der Waals surface area contributed by atoms with Crippen molar-refractivity contribution in [2.45, 2.75) is 24.8 Å². The molecule has 1 aromatic carbocycles. The number of nitro benzene ring substituents is 1. The SMILES string of the molecule is CCOC(C)CNS(=O)(=O)c1cc(NC)ccc1[N+](=O)[O-]. The largest absolute Gasteiger partial charge is 0.388 e. The Morgan fingerprint density at radius 1 is 1.43 bits per heavy atom. The molecule has 0 aromatic heterocycles. The molecule has 0 spiro atoms. The Morgan fingerprint density at radius 2 is 2.10 bits per heavy atom. The van der Waals surface area contributed by atoms with Gasteiger partial charge in [0, 0.05) is 32.0 Å². The highest BCUT2D eigenvalue weighted by Crippen LogP contribution is 2.26. The van der Waals surface area contributed by atoms with Crippen molar-refractivity contribution in [3.63, 3.8) is 0 Å². The summed E-state index contributed by atoms with van der Waals surface area (Å²) in [5, 5.41) is 13.7. The van der Waals surface area contributed by atoms with Crippen LogP contribution in [0.15, 0.2) is 23.1 Å². The summed E-state index contributed by atoms with van der Waals surface area (Å²) >= 11 is 0. The fraction of sp³-hybridized carbons (Fsp3) is 0.500. The summed E-state index contributed by atoms with van der Waals surface area (Å²) < 4.78 is 32.0. The lowest BCUT2D eigenvalue weighted by molar-refractivity contribution is -0.387. The van der Waals surface area contributed by atoms with Crippen LogP contribution in [0.1, 0.15) is 13.8 Å². The van der Waals surface area contributed by atoms with Gasteiger partial charge in [-0.2, -0.15) is 0 Å². The highest BCUT2D eigenvalue weighted by molar-refractivity contribution is 7.89. The fourth-order valence-electron chi connectivity index (χ4n) is 1.68.